The van der Waals surface area contributed by atoms with E-state index in [-0.39, 0.29) is 18.0 Å². The molecule has 4 atom stereocenters. The molecule has 6 heteroatoms. The minimum Gasteiger partial charge on any atom is -0.497 e. The number of carbonyl (C=O) groups excluding carboxylic acids is 2. The summed E-state index contributed by atoms with van der Waals surface area (Å²) in [5.74, 6) is 2.05. The molecule has 0 N–H and O–H groups in total. The van der Waals surface area contributed by atoms with E-state index in [0.29, 0.717) is 43.8 Å². The minimum absolute atomic E-state index is 0.147. The van der Waals surface area contributed by atoms with Gasteiger partial charge in [0.1, 0.15) is 5.75 Å². The van der Waals surface area contributed by atoms with E-state index >= 15 is 0 Å². The monoisotopic (exact) mass is 414 g/mol. The highest BCUT2D eigenvalue weighted by Crippen LogP contribution is 2.42. The number of fused-ring (bicyclic) bond motifs is 4. The standard InChI is InChI=1S/C24H34N2O4/c1-3-30-11-10-23(27)25-15-18-14-19(16-25)22(26-21(18)8-5-9-24(26)28)13-17-6-4-7-20(12-17)29-2/h4,6-7,12,18-19,21-22H,3,5,8-11,13-16H2,1-2H3/t18-,19+,21+,22+/m1/s1. The van der Waals surface area contributed by atoms with Crippen LogP contribution in [0.4, 0.5) is 0 Å². The van der Waals surface area contributed by atoms with Crippen molar-refractivity contribution < 1.29 is 19.1 Å². The molecule has 1 aromatic carbocycles. The number of rotatable bonds is 7. The van der Waals surface area contributed by atoms with Crippen LogP contribution in [0.3, 0.4) is 0 Å². The second-order valence-electron chi connectivity index (χ2n) is 8.89. The molecule has 1 aromatic rings. The Kier molecular flexibility index (Phi) is 6.61. The number of ether oxygens (including phenoxy) is 2. The molecule has 0 radical (unpaired) electrons. The first-order chi connectivity index (χ1) is 14.6. The average Bonchev–Trinajstić information content (AvgIpc) is 2.77. The molecule has 4 rings (SSSR count). The van der Waals surface area contributed by atoms with Crippen LogP contribution in [0.2, 0.25) is 0 Å². The van der Waals surface area contributed by atoms with Gasteiger partial charge in [-0.15, -0.1) is 0 Å². The van der Waals surface area contributed by atoms with Crippen LogP contribution in [-0.4, -0.2) is 67.1 Å². The van der Waals surface area contributed by atoms with Gasteiger partial charge in [-0.2, -0.15) is 0 Å². The number of methoxy groups -OCH3 is 1. The van der Waals surface area contributed by atoms with Gasteiger partial charge in [0.2, 0.25) is 11.8 Å². The van der Waals surface area contributed by atoms with Crippen molar-refractivity contribution in [3.8, 4) is 5.75 Å². The maximum Gasteiger partial charge on any atom is 0.224 e. The second-order valence-corrected chi connectivity index (χ2v) is 8.89. The zero-order valence-corrected chi connectivity index (χ0v) is 18.2. The van der Waals surface area contributed by atoms with Crippen LogP contribution in [0.15, 0.2) is 24.3 Å². The first-order valence-electron chi connectivity index (χ1n) is 11.4. The number of benzene rings is 1. The second kappa shape index (κ2) is 9.38. The molecule has 2 amide bonds. The largest absolute Gasteiger partial charge is 0.497 e. The Morgan fingerprint density at radius 3 is 2.87 bits per heavy atom. The molecule has 3 aliphatic rings. The summed E-state index contributed by atoms with van der Waals surface area (Å²) in [6.07, 6.45) is 5.04. The zero-order valence-electron chi connectivity index (χ0n) is 18.2. The molecule has 0 spiro atoms. The molecule has 0 saturated carbocycles. The van der Waals surface area contributed by atoms with E-state index in [1.807, 2.05) is 24.0 Å². The lowest BCUT2D eigenvalue weighted by Gasteiger charge is -2.56. The number of hydrogen-bond acceptors (Lipinski definition) is 4. The highest BCUT2D eigenvalue weighted by Gasteiger charge is 2.49. The van der Waals surface area contributed by atoms with Crippen LogP contribution in [0.1, 0.15) is 44.6 Å². The van der Waals surface area contributed by atoms with E-state index in [2.05, 4.69) is 17.0 Å². The summed E-state index contributed by atoms with van der Waals surface area (Å²) in [7, 11) is 1.68. The predicted octanol–water partition coefficient (Wildman–Crippen LogP) is 2.89. The van der Waals surface area contributed by atoms with Gasteiger partial charge in [0.05, 0.1) is 20.1 Å². The molecule has 3 saturated heterocycles. The number of nitrogens with zero attached hydrogens (tertiary/aromatic N) is 2. The Hall–Kier alpha value is -2.08. The first kappa shape index (κ1) is 21.2. The van der Waals surface area contributed by atoms with E-state index < -0.39 is 0 Å². The number of likely N-dealkylation sites (tertiary alicyclic amines) is 1. The molecule has 30 heavy (non-hydrogen) atoms. The lowest BCUT2D eigenvalue weighted by atomic mass is 9.70. The molecular formula is C24H34N2O4. The molecule has 2 bridgehead atoms. The number of carbonyl (C=O) groups is 2. The lowest BCUT2D eigenvalue weighted by Crippen LogP contribution is -2.66. The Bertz CT molecular complexity index is 767. The zero-order chi connectivity index (χ0) is 21.1. The fraction of sp³-hybridized carbons (Fsp3) is 0.667. The summed E-state index contributed by atoms with van der Waals surface area (Å²) in [6.45, 7) is 4.60. The van der Waals surface area contributed by atoms with Gasteiger partial charge in [0.25, 0.3) is 0 Å². The average molecular weight is 415 g/mol. The third kappa shape index (κ3) is 4.34. The maximum absolute atomic E-state index is 13.0. The van der Waals surface area contributed by atoms with E-state index in [9.17, 15) is 9.59 Å². The van der Waals surface area contributed by atoms with Crippen LogP contribution in [0.5, 0.6) is 5.75 Å². The van der Waals surface area contributed by atoms with Crippen LogP contribution in [0, 0.1) is 11.8 Å². The normalized spacial score (nSPS) is 28.3. The first-order valence-corrected chi connectivity index (χ1v) is 11.4. The third-order valence-electron chi connectivity index (χ3n) is 7.09. The Morgan fingerprint density at radius 1 is 1.23 bits per heavy atom. The van der Waals surface area contributed by atoms with E-state index in [1.165, 1.54) is 5.56 Å². The Morgan fingerprint density at radius 2 is 2.07 bits per heavy atom. The van der Waals surface area contributed by atoms with Gasteiger partial charge in [-0.25, -0.2) is 0 Å². The number of hydrogen-bond donors (Lipinski definition) is 0. The van der Waals surface area contributed by atoms with E-state index in [1.54, 1.807) is 7.11 Å². The van der Waals surface area contributed by atoms with Crippen LogP contribution >= 0.6 is 0 Å². The number of piperidine rings is 3. The lowest BCUT2D eigenvalue weighted by molar-refractivity contribution is -0.156. The smallest absolute Gasteiger partial charge is 0.224 e. The Labute approximate surface area is 179 Å². The van der Waals surface area contributed by atoms with Crippen LogP contribution in [0.25, 0.3) is 0 Å². The third-order valence-corrected chi connectivity index (χ3v) is 7.09. The minimum atomic E-state index is 0.147. The number of amides is 2. The summed E-state index contributed by atoms with van der Waals surface area (Å²) in [5.41, 5.74) is 1.19. The molecular weight excluding hydrogens is 380 g/mol. The molecule has 3 aliphatic heterocycles. The van der Waals surface area contributed by atoms with Crippen molar-refractivity contribution in [1.29, 1.82) is 0 Å². The van der Waals surface area contributed by atoms with Gasteiger partial charge < -0.3 is 19.3 Å². The molecule has 0 aliphatic carbocycles. The van der Waals surface area contributed by atoms with Gasteiger partial charge in [0, 0.05) is 38.2 Å². The van der Waals surface area contributed by atoms with Crippen molar-refractivity contribution in [3.05, 3.63) is 29.8 Å². The van der Waals surface area contributed by atoms with E-state index in [4.69, 9.17) is 9.47 Å². The van der Waals surface area contributed by atoms with Crippen molar-refractivity contribution in [2.75, 3.05) is 33.4 Å². The summed E-state index contributed by atoms with van der Waals surface area (Å²) in [5, 5.41) is 0. The summed E-state index contributed by atoms with van der Waals surface area (Å²) in [4.78, 5) is 30.1. The highest BCUT2D eigenvalue weighted by molar-refractivity contribution is 5.79. The van der Waals surface area contributed by atoms with Gasteiger partial charge in [-0.3, -0.25) is 9.59 Å². The summed E-state index contributed by atoms with van der Waals surface area (Å²) in [6, 6.07) is 8.57. The fourth-order valence-corrected chi connectivity index (χ4v) is 5.74. The van der Waals surface area contributed by atoms with Crippen molar-refractivity contribution >= 4 is 11.8 Å². The van der Waals surface area contributed by atoms with Crippen LogP contribution < -0.4 is 4.74 Å². The molecule has 0 aromatic heterocycles. The molecule has 0 unspecified atom stereocenters. The SMILES string of the molecule is CCOCCC(=O)N1C[C@H]2C[C@@H](C1)[C@H](Cc1cccc(OC)c1)N1C(=O)CCC[C@@H]21. The van der Waals surface area contributed by atoms with Crippen molar-refractivity contribution in [1.82, 2.24) is 9.80 Å². The van der Waals surface area contributed by atoms with Gasteiger partial charge in [-0.1, -0.05) is 12.1 Å². The van der Waals surface area contributed by atoms with Crippen molar-refractivity contribution in [2.45, 2.75) is 57.5 Å². The predicted molar refractivity (Wildman–Crippen MR) is 114 cm³/mol. The molecule has 3 fully saturated rings. The fourth-order valence-electron chi connectivity index (χ4n) is 5.74. The molecule has 3 heterocycles. The maximum atomic E-state index is 13.0. The molecule has 164 valence electrons. The van der Waals surface area contributed by atoms with Crippen molar-refractivity contribution in [3.63, 3.8) is 0 Å². The van der Waals surface area contributed by atoms with Crippen molar-refractivity contribution in [2.24, 2.45) is 11.8 Å². The van der Waals surface area contributed by atoms with E-state index in [0.717, 1.165) is 44.5 Å². The quantitative estimate of drug-likeness (QED) is 0.644. The Balaban J connectivity index is 1.55. The topological polar surface area (TPSA) is 59.1 Å². The van der Waals surface area contributed by atoms with Gasteiger partial charge in [0.15, 0.2) is 0 Å². The summed E-state index contributed by atoms with van der Waals surface area (Å²) < 4.78 is 10.8. The van der Waals surface area contributed by atoms with Gasteiger partial charge in [-0.05, 0) is 62.1 Å². The highest BCUT2D eigenvalue weighted by atomic mass is 16.5. The summed E-state index contributed by atoms with van der Waals surface area (Å²) >= 11 is 0. The molecule has 6 nitrogen and oxygen atoms in total. The van der Waals surface area contributed by atoms with Gasteiger partial charge >= 0.3 is 0 Å². The van der Waals surface area contributed by atoms with Crippen LogP contribution in [-0.2, 0) is 20.7 Å².